The van der Waals surface area contributed by atoms with Gasteiger partial charge in [-0.05, 0) is 71.5 Å². The van der Waals surface area contributed by atoms with Crippen LogP contribution in [0.3, 0.4) is 0 Å². The number of nitriles is 1. The molecule has 4 aromatic carbocycles. The predicted molar refractivity (Wildman–Crippen MR) is 143 cm³/mol. The fourth-order valence-electron chi connectivity index (χ4n) is 3.85. The number of carbonyl (C=O) groups excluding carboxylic acids is 1. The van der Waals surface area contributed by atoms with Gasteiger partial charge in [0.2, 0.25) is 0 Å². The van der Waals surface area contributed by atoms with Gasteiger partial charge in [-0.25, -0.2) is 4.79 Å². The smallest absolute Gasteiger partial charge is 0.343 e. The molecule has 0 aromatic heterocycles. The quantitative estimate of drug-likeness (QED) is 0.111. The standard InChI is InChI=1S/C31H24ClNO3/c1-35-30-20-23(19-26(21-33)24-14-16-27(32)17-15-24)12-18-29(30)36-31(34)28-10-6-5-9-25(28)13-11-22-7-3-2-4-8-22/h2-10,12,14-20H,11,13H2,1H3. The van der Waals surface area contributed by atoms with Gasteiger partial charge in [-0.2, -0.15) is 5.26 Å². The van der Waals surface area contributed by atoms with E-state index in [1.54, 1.807) is 54.6 Å². The van der Waals surface area contributed by atoms with Gasteiger partial charge in [-0.3, -0.25) is 0 Å². The lowest BCUT2D eigenvalue weighted by molar-refractivity contribution is 0.0728. The van der Waals surface area contributed by atoms with Gasteiger partial charge in [-0.15, -0.1) is 0 Å². The summed E-state index contributed by atoms with van der Waals surface area (Å²) in [6.07, 6.45) is 3.29. The minimum absolute atomic E-state index is 0.308. The topological polar surface area (TPSA) is 59.3 Å². The average Bonchev–Trinajstić information content (AvgIpc) is 2.92. The van der Waals surface area contributed by atoms with Crippen LogP contribution < -0.4 is 9.47 Å². The van der Waals surface area contributed by atoms with Crippen molar-refractivity contribution in [3.05, 3.63) is 130 Å². The van der Waals surface area contributed by atoms with Crippen LogP contribution in [0.25, 0.3) is 11.6 Å². The van der Waals surface area contributed by atoms with E-state index < -0.39 is 5.97 Å². The van der Waals surface area contributed by atoms with Gasteiger partial charge in [0.1, 0.15) is 0 Å². The zero-order valence-electron chi connectivity index (χ0n) is 19.8. The molecule has 0 aliphatic heterocycles. The number of hydrogen-bond acceptors (Lipinski definition) is 4. The van der Waals surface area contributed by atoms with Crippen LogP contribution in [-0.4, -0.2) is 13.1 Å². The molecule has 0 radical (unpaired) electrons. The van der Waals surface area contributed by atoms with Crippen molar-refractivity contribution in [1.82, 2.24) is 0 Å². The fraction of sp³-hybridized carbons (Fsp3) is 0.0968. The SMILES string of the molecule is COc1cc(C=C(C#N)c2ccc(Cl)cc2)ccc1OC(=O)c1ccccc1CCc1ccccc1. The van der Waals surface area contributed by atoms with E-state index in [-0.39, 0.29) is 0 Å². The Balaban J connectivity index is 1.53. The van der Waals surface area contributed by atoms with Crippen LogP contribution in [-0.2, 0) is 12.8 Å². The van der Waals surface area contributed by atoms with Gasteiger partial charge < -0.3 is 9.47 Å². The second-order valence-electron chi connectivity index (χ2n) is 8.12. The van der Waals surface area contributed by atoms with Gasteiger partial charge in [0.15, 0.2) is 11.5 Å². The van der Waals surface area contributed by atoms with Gasteiger partial charge in [0, 0.05) is 5.02 Å². The van der Waals surface area contributed by atoms with Crippen LogP contribution in [0.2, 0.25) is 5.02 Å². The number of benzene rings is 4. The van der Waals surface area contributed by atoms with E-state index in [1.165, 1.54) is 12.7 Å². The third-order valence-corrected chi connectivity index (χ3v) is 5.99. The lowest BCUT2D eigenvalue weighted by Gasteiger charge is -2.12. The Morgan fingerprint density at radius 3 is 2.33 bits per heavy atom. The Bertz CT molecular complexity index is 1420. The highest BCUT2D eigenvalue weighted by atomic mass is 35.5. The second-order valence-corrected chi connectivity index (χ2v) is 8.56. The molecule has 0 aliphatic carbocycles. The fourth-order valence-corrected chi connectivity index (χ4v) is 3.98. The van der Waals surface area contributed by atoms with Gasteiger partial charge >= 0.3 is 5.97 Å². The van der Waals surface area contributed by atoms with Crippen LogP contribution in [0.1, 0.15) is 32.6 Å². The summed E-state index contributed by atoms with van der Waals surface area (Å²) < 4.78 is 11.2. The molecule has 0 bridgehead atoms. The van der Waals surface area contributed by atoms with Crippen molar-refractivity contribution < 1.29 is 14.3 Å². The molecule has 0 atom stereocenters. The third-order valence-electron chi connectivity index (χ3n) is 5.74. The zero-order valence-corrected chi connectivity index (χ0v) is 20.5. The Morgan fingerprint density at radius 2 is 1.61 bits per heavy atom. The van der Waals surface area contributed by atoms with Gasteiger partial charge in [-0.1, -0.05) is 78.3 Å². The minimum atomic E-state index is -0.445. The summed E-state index contributed by atoms with van der Waals surface area (Å²) in [5, 5.41) is 10.2. The summed E-state index contributed by atoms with van der Waals surface area (Å²) in [4.78, 5) is 13.1. The molecule has 0 N–H and O–H groups in total. The normalized spacial score (nSPS) is 11.0. The van der Waals surface area contributed by atoms with Gasteiger partial charge in [0.25, 0.3) is 0 Å². The van der Waals surface area contributed by atoms with Crippen molar-refractivity contribution in [2.24, 2.45) is 0 Å². The lowest BCUT2D eigenvalue weighted by Crippen LogP contribution is -2.12. The van der Waals surface area contributed by atoms with Crippen LogP contribution in [0.15, 0.2) is 97.1 Å². The van der Waals surface area contributed by atoms with Crippen LogP contribution in [0, 0.1) is 11.3 Å². The molecular formula is C31H24ClNO3. The van der Waals surface area contributed by atoms with Crippen LogP contribution in [0.5, 0.6) is 11.5 Å². The summed E-state index contributed by atoms with van der Waals surface area (Å²) >= 11 is 5.96. The Kier molecular flexibility index (Phi) is 8.18. The first-order valence-corrected chi connectivity index (χ1v) is 11.8. The maximum atomic E-state index is 13.1. The van der Waals surface area contributed by atoms with E-state index in [0.717, 1.165) is 29.5 Å². The first-order chi connectivity index (χ1) is 17.6. The number of halogens is 1. The number of allylic oxidation sites excluding steroid dienone is 1. The van der Waals surface area contributed by atoms with Crippen molar-refractivity contribution in [1.29, 1.82) is 5.26 Å². The molecule has 178 valence electrons. The largest absolute Gasteiger partial charge is 0.493 e. The van der Waals surface area contributed by atoms with Crippen molar-refractivity contribution in [2.75, 3.05) is 7.11 Å². The van der Waals surface area contributed by atoms with E-state index in [9.17, 15) is 10.1 Å². The van der Waals surface area contributed by atoms with Crippen molar-refractivity contribution in [3.8, 4) is 17.6 Å². The highest BCUT2D eigenvalue weighted by Gasteiger charge is 2.16. The molecule has 0 heterocycles. The lowest BCUT2D eigenvalue weighted by atomic mass is 10.00. The first-order valence-electron chi connectivity index (χ1n) is 11.5. The first kappa shape index (κ1) is 24.8. The maximum Gasteiger partial charge on any atom is 0.343 e. The number of hydrogen-bond donors (Lipinski definition) is 0. The molecule has 36 heavy (non-hydrogen) atoms. The molecule has 0 amide bonds. The molecule has 0 unspecified atom stereocenters. The summed E-state index contributed by atoms with van der Waals surface area (Å²) in [7, 11) is 1.51. The molecule has 0 fully saturated rings. The van der Waals surface area contributed by atoms with E-state index in [0.29, 0.717) is 27.7 Å². The van der Waals surface area contributed by atoms with Crippen molar-refractivity contribution in [2.45, 2.75) is 12.8 Å². The third kappa shape index (κ3) is 6.21. The molecule has 5 heteroatoms. The monoisotopic (exact) mass is 493 g/mol. The average molecular weight is 494 g/mol. The summed E-state index contributed by atoms with van der Waals surface area (Å²) in [6, 6.07) is 32.1. The molecule has 4 nitrogen and oxygen atoms in total. The molecule has 4 aromatic rings. The van der Waals surface area contributed by atoms with E-state index in [2.05, 4.69) is 18.2 Å². The Morgan fingerprint density at radius 1 is 0.889 bits per heavy atom. The van der Waals surface area contributed by atoms with E-state index in [1.807, 2.05) is 36.4 Å². The number of carbonyl (C=O) groups is 1. The van der Waals surface area contributed by atoms with Crippen molar-refractivity contribution >= 4 is 29.2 Å². The van der Waals surface area contributed by atoms with Crippen molar-refractivity contribution in [3.63, 3.8) is 0 Å². The molecule has 0 saturated heterocycles. The number of esters is 1. The van der Waals surface area contributed by atoms with Crippen LogP contribution >= 0.6 is 11.6 Å². The molecule has 0 aliphatic rings. The number of ether oxygens (including phenoxy) is 2. The van der Waals surface area contributed by atoms with E-state index in [4.69, 9.17) is 21.1 Å². The summed E-state index contributed by atoms with van der Waals surface area (Å²) in [5.74, 6) is 0.258. The number of aryl methyl sites for hydroxylation is 2. The number of rotatable bonds is 8. The Labute approximate surface area is 216 Å². The predicted octanol–water partition coefficient (Wildman–Crippen LogP) is 7.42. The van der Waals surface area contributed by atoms with Gasteiger partial charge in [0.05, 0.1) is 24.3 Å². The van der Waals surface area contributed by atoms with E-state index >= 15 is 0 Å². The summed E-state index contributed by atoms with van der Waals surface area (Å²) in [5.41, 5.74) is 4.62. The molecule has 0 spiro atoms. The Hall–Kier alpha value is -4.33. The molecule has 4 rings (SSSR count). The highest BCUT2D eigenvalue weighted by Crippen LogP contribution is 2.31. The number of nitrogens with zero attached hydrogens (tertiary/aromatic N) is 1. The summed E-state index contributed by atoms with van der Waals surface area (Å²) in [6.45, 7) is 0. The number of methoxy groups -OCH3 is 1. The highest BCUT2D eigenvalue weighted by molar-refractivity contribution is 6.30. The molecular weight excluding hydrogens is 470 g/mol. The second kappa shape index (κ2) is 11.9. The minimum Gasteiger partial charge on any atom is -0.493 e. The molecule has 0 saturated carbocycles. The van der Waals surface area contributed by atoms with Crippen LogP contribution in [0.4, 0.5) is 0 Å². The zero-order chi connectivity index (χ0) is 25.3. The maximum absolute atomic E-state index is 13.1.